The van der Waals surface area contributed by atoms with Crippen LogP contribution in [0, 0.1) is 5.82 Å². The molecule has 0 amide bonds. The first kappa shape index (κ1) is 25.0. The SMILES string of the molecule is CC1(C)CCc2cc(S(=O)(=O)NCc3cc(F)cc(-c4ccccc4OC(F)(F)F)c3)ccc2O1. The van der Waals surface area contributed by atoms with Gasteiger partial charge in [0, 0.05) is 12.1 Å². The van der Waals surface area contributed by atoms with Crippen molar-refractivity contribution in [3.05, 3.63) is 77.6 Å². The Labute approximate surface area is 200 Å². The van der Waals surface area contributed by atoms with Crippen molar-refractivity contribution in [1.82, 2.24) is 4.72 Å². The molecule has 1 N–H and O–H groups in total. The molecule has 3 aromatic rings. The van der Waals surface area contributed by atoms with Gasteiger partial charge in [-0.1, -0.05) is 18.2 Å². The minimum Gasteiger partial charge on any atom is -0.488 e. The highest BCUT2D eigenvalue weighted by molar-refractivity contribution is 7.89. The molecule has 3 aromatic carbocycles. The highest BCUT2D eigenvalue weighted by Crippen LogP contribution is 2.36. The van der Waals surface area contributed by atoms with Crippen molar-refractivity contribution in [1.29, 1.82) is 0 Å². The van der Waals surface area contributed by atoms with Gasteiger partial charge in [0.15, 0.2) is 0 Å². The molecule has 5 nitrogen and oxygen atoms in total. The van der Waals surface area contributed by atoms with Crippen molar-refractivity contribution in [2.45, 2.75) is 50.1 Å². The second-order valence-corrected chi connectivity index (χ2v) is 10.6. The molecule has 0 atom stereocenters. The van der Waals surface area contributed by atoms with Gasteiger partial charge in [-0.25, -0.2) is 17.5 Å². The maximum atomic E-state index is 14.3. The smallest absolute Gasteiger partial charge is 0.488 e. The third-order valence-corrected chi connectivity index (χ3v) is 6.97. The highest BCUT2D eigenvalue weighted by atomic mass is 32.2. The molecule has 0 radical (unpaired) electrons. The Morgan fingerprint density at radius 2 is 1.80 bits per heavy atom. The monoisotopic (exact) mass is 509 g/mol. The van der Waals surface area contributed by atoms with E-state index in [1.807, 2.05) is 13.8 Å². The van der Waals surface area contributed by atoms with Gasteiger partial charge in [0.2, 0.25) is 10.0 Å². The fourth-order valence-electron chi connectivity index (χ4n) is 3.89. The van der Waals surface area contributed by atoms with E-state index in [0.717, 1.165) is 30.2 Å². The quantitative estimate of drug-likeness (QED) is 0.416. The standard InChI is InChI=1S/C25H23F4NO4S/c1-24(2)10-9-17-14-20(7-8-22(17)33-24)35(31,32)30-15-16-11-18(13-19(26)12-16)21-5-3-4-6-23(21)34-25(27,28)29/h3-8,11-14,30H,9-10,15H2,1-2H3. The van der Waals surface area contributed by atoms with Crippen molar-refractivity contribution in [3.63, 3.8) is 0 Å². The molecule has 186 valence electrons. The first-order valence-corrected chi connectivity index (χ1v) is 12.3. The van der Waals surface area contributed by atoms with Crippen LogP contribution in [0.15, 0.2) is 65.6 Å². The lowest BCUT2D eigenvalue weighted by atomic mass is 9.94. The first-order chi connectivity index (χ1) is 16.3. The predicted octanol–water partition coefficient (Wildman–Crippen LogP) is 5.97. The summed E-state index contributed by atoms with van der Waals surface area (Å²) in [6, 6.07) is 13.5. The number of sulfonamides is 1. The summed E-state index contributed by atoms with van der Waals surface area (Å²) >= 11 is 0. The number of rotatable bonds is 6. The minimum absolute atomic E-state index is 0.0195. The topological polar surface area (TPSA) is 64.6 Å². The molecule has 0 fully saturated rings. The van der Waals surface area contributed by atoms with E-state index in [1.165, 1.54) is 30.3 Å². The fourth-order valence-corrected chi connectivity index (χ4v) is 4.96. The van der Waals surface area contributed by atoms with E-state index in [4.69, 9.17) is 4.74 Å². The number of hydrogen-bond acceptors (Lipinski definition) is 4. The lowest BCUT2D eigenvalue weighted by Crippen LogP contribution is -2.32. The molecule has 0 unspecified atom stereocenters. The summed E-state index contributed by atoms with van der Waals surface area (Å²) < 4.78 is 90.8. The Hall–Kier alpha value is -3.11. The maximum Gasteiger partial charge on any atom is 0.573 e. The number of aryl methyl sites for hydroxylation is 1. The molecule has 0 aromatic heterocycles. The van der Waals surface area contributed by atoms with Gasteiger partial charge in [-0.15, -0.1) is 13.2 Å². The molecule has 0 aliphatic carbocycles. The molecule has 1 heterocycles. The Bertz CT molecular complexity index is 1350. The average molecular weight is 510 g/mol. The van der Waals surface area contributed by atoms with Crippen LogP contribution in [0.3, 0.4) is 0 Å². The lowest BCUT2D eigenvalue weighted by Gasteiger charge is -2.32. The summed E-state index contributed by atoms with van der Waals surface area (Å²) in [4.78, 5) is 0.0418. The third kappa shape index (κ3) is 6.12. The molecule has 10 heteroatoms. The number of alkyl halides is 3. The van der Waals surface area contributed by atoms with E-state index in [0.29, 0.717) is 12.2 Å². The van der Waals surface area contributed by atoms with E-state index in [1.54, 1.807) is 12.1 Å². The largest absolute Gasteiger partial charge is 0.573 e. The highest BCUT2D eigenvalue weighted by Gasteiger charge is 2.32. The number of nitrogens with one attached hydrogen (secondary N) is 1. The van der Waals surface area contributed by atoms with Gasteiger partial charge in [-0.3, -0.25) is 0 Å². The van der Waals surface area contributed by atoms with Gasteiger partial charge >= 0.3 is 6.36 Å². The van der Waals surface area contributed by atoms with Crippen molar-refractivity contribution in [2.24, 2.45) is 0 Å². The van der Waals surface area contributed by atoms with Crippen LogP contribution >= 0.6 is 0 Å². The van der Waals surface area contributed by atoms with Gasteiger partial charge in [-0.05, 0) is 85.8 Å². The zero-order valence-electron chi connectivity index (χ0n) is 18.9. The Morgan fingerprint density at radius 3 is 2.54 bits per heavy atom. The molecule has 1 aliphatic rings. The summed E-state index contributed by atoms with van der Waals surface area (Å²) in [7, 11) is -3.94. The van der Waals surface area contributed by atoms with Gasteiger partial charge in [0.25, 0.3) is 0 Å². The normalized spacial score (nSPS) is 15.3. The van der Waals surface area contributed by atoms with Crippen LogP contribution in [-0.2, 0) is 23.0 Å². The number of halogens is 4. The molecule has 0 saturated carbocycles. The number of ether oxygens (including phenoxy) is 2. The van der Waals surface area contributed by atoms with Crippen LogP contribution in [0.2, 0.25) is 0 Å². The molecule has 35 heavy (non-hydrogen) atoms. The van der Waals surface area contributed by atoms with E-state index in [-0.39, 0.29) is 33.7 Å². The second kappa shape index (κ2) is 9.16. The van der Waals surface area contributed by atoms with Gasteiger partial charge in [0.1, 0.15) is 22.9 Å². The zero-order chi connectivity index (χ0) is 25.4. The second-order valence-electron chi connectivity index (χ2n) is 8.85. The van der Waals surface area contributed by atoms with Gasteiger partial charge < -0.3 is 9.47 Å². The minimum atomic E-state index is -4.92. The van der Waals surface area contributed by atoms with Crippen molar-refractivity contribution in [2.75, 3.05) is 0 Å². The molecular formula is C25H23F4NO4S. The van der Waals surface area contributed by atoms with E-state index < -0.39 is 28.0 Å². The van der Waals surface area contributed by atoms with Crippen molar-refractivity contribution < 1.29 is 35.5 Å². The number of fused-ring (bicyclic) bond motifs is 1. The van der Waals surface area contributed by atoms with Crippen LogP contribution in [0.25, 0.3) is 11.1 Å². The maximum absolute atomic E-state index is 14.3. The van der Waals surface area contributed by atoms with Gasteiger partial charge in [0.05, 0.1) is 4.90 Å². The summed E-state index contributed by atoms with van der Waals surface area (Å²) in [6.45, 7) is 3.65. The Kier molecular flexibility index (Phi) is 6.54. The van der Waals surface area contributed by atoms with Crippen molar-refractivity contribution in [3.8, 4) is 22.6 Å². The number of benzene rings is 3. The summed E-state index contributed by atoms with van der Waals surface area (Å²) in [5.41, 5.74) is 0.818. The van der Waals surface area contributed by atoms with Crippen LogP contribution < -0.4 is 14.2 Å². The molecule has 0 saturated heterocycles. The molecule has 1 aliphatic heterocycles. The average Bonchev–Trinajstić information content (AvgIpc) is 2.76. The lowest BCUT2D eigenvalue weighted by molar-refractivity contribution is -0.274. The fraction of sp³-hybridized carbons (Fsp3) is 0.280. The summed E-state index contributed by atoms with van der Waals surface area (Å²) in [5.74, 6) is -0.585. The van der Waals surface area contributed by atoms with E-state index in [2.05, 4.69) is 9.46 Å². The Morgan fingerprint density at radius 1 is 1.06 bits per heavy atom. The summed E-state index contributed by atoms with van der Waals surface area (Å²) in [5, 5.41) is 0. The molecule has 0 bridgehead atoms. The first-order valence-electron chi connectivity index (χ1n) is 10.8. The number of hydrogen-bond donors (Lipinski definition) is 1. The molecule has 0 spiro atoms. The van der Waals surface area contributed by atoms with E-state index in [9.17, 15) is 26.0 Å². The van der Waals surface area contributed by atoms with E-state index >= 15 is 0 Å². The Balaban J connectivity index is 1.56. The third-order valence-electron chi connectivity index (χ3n) is 5.57. The molecule has 4 rings (SSSR count). The van der Waals surface area contributed by atoms with Gasteiger partial charge in [-0.2, -0.15) is 0 Å². The predicted molar refractivity (Wildman–Crippen MR) is 122 cm³/mol. The number of para-hydroxylation sites is 1. The summed E-state index contributed by atoms with van der Waals surface area (Å²) in [6.07, 6.45) is -3.52. The zero-order valence-corrected chi connectivity index (χ0v) is 19.8. The van der Waals surface area contributed by atoms with Crippen LogP contribution in [-0.4, -0.2) is 20.4 Å². The van der Waals surface area contributed by atoms with Crippen molar-refractivity contribution >= 4 is 10.0 Å². The van der Waals surface area contributed by atoms with Crippen LogP contribution in [0.4, 0.5) is 17.6 Å². The van der Waals surface area contributed by atoms with Crippen LogP contribution in [0.5, 0.6) is 11.5 Å². The molecular weight excluding hydrogens is 486 g/mol. The van der Waals surface area contributed by atoms with Crippen LogP contribution in [0.1, 0.15) is 31.4 Å².